The summed E-state index contributed by atoms with van der Waals surface area (Å²) in [4.78, 5) is 26.8. The van der Waals surface area contributed by atoms with E-state index in [0.717, 1.165) is 5.56 Å². The number of methoxy groups -OCH3 is 1. The first kappa shape index (κ1) is 36.4. The van der Waals surface area contributed by atoms with Crippen molar-refractivity contribution in [3.63, 3.8) is 0 Å². The standard InChI is InChI=1S/C33H48N4O9S/c1-33(2,16-17-34-31(39)37(3)4)20-27(36-47(41,42)24-13-11-23(43-5)12-14-24)29(38)26(19-22-9-7-6-8-10-22)35-32(40)46-28-21-45-30-25(28)15-18-44-30/h6-14,25-30,36,38H,15-21H2,1-5H3,(H,34,39)(H,35,40)/t25-,26-,27?,28-,29+,30+/m0/s1. The quantitative estimate of drug-likeness (QED) is 0.222. The molecule has 1 unspecified atom stereocenters. The van der Waals surface area contributed by atoms with E-state index in [1.54, 1.807) is 26.2 Å². The van der Waals surface area contributed by atoms with Crippen molar-refractivity contribution < 1.29 is 42.1 Å². The number of benzene rings is 2. The number of aliphatic hydroxyl groups excluding tert-OH is 1. The van der Waals surface area contributed by atoms with Crippen LogP contribution < -0.4 is 20.1 Å². The fourth-order valence-electron chi connectivity index (χ4n) is 5.89. The zero-order valence-corrected chi connectivity index (χ0v) is 28.5. The third-order valence-corrected chi connectivity index (χ3v) is 10.1. The number of hydrogen-bond donors (Lipinski definition) is 4. The summed E-state index contributed by atoms with van der Waals surface area (Å²) in [5.41, 5.74) is 0.275. The highest BCUT2D eigenvalue weighted by Gasteiger charge is 2.44. The van der Waals surface area contributed by atoms with E-state index in [-0.39, 0.29) is 36.3 Å². The fourth-order valence-corrected chi connectivity index (χ4v) is 7.15. The zero-order valence-electron chi connectivity index (χ0n) is 27.7. The number of sulfonamides is 1. The van der Waals surface area contributed by atoms with Gasteiger partial charge in [0, 0.05) is 20.6 Å². The molecule has 0 saturated carbocycles. The summed E-state index contributed by atoms with van der Waals surface area (Å²) in [5, 5.41) is 17.7. The van der Waals surface area contributed by atoms with Crippen LogP contribution in [0.1, 0.15) is 38.7 Å². The van der Waals surface area contributed by atoms with Gasteiger partial charge >= 0.3 is 12.1 Å². The van der Waals surface area contributed by atoms with E-state index in [1.165, 1.54) is 24.1 Å². The van der Waals surface area contributed by atoms with Crippen LogP contribution in [0.5, 0.6) is 5.75 Å². The molecular weight excluding hydrogens is 628 g/mol. The summed E-state index contributed by atoms with van der Waals surface area (Å²) in [6, 6.07) is 13.0. The first-order valence-corrected chi connectivity index (χ1v) is 17.3. The second-order valence-corrected chi connectivity index (χ2v) is 14.8. The Hall–Kier alpha value is -3.43. The molecule has 0 aromatic heterocycles. The van der Waals surface area contributed by atoms with Gasteiger partial charge in [-0.15, -0.1) is 0 Å². The van der Waals surface area contributed by atoms with Gasteiger partial charge in [0.05, 0.1) is 49.3 Å². The smallest absolute Gasteiger partial charge is 0.407 e. The molecule has 2 aromatic rings. The van der Waals surface area contributed by atoms with Gasteiger partial charge in [-0.2, -0.15) is 0 Å². The predicted octanol–water partition coefficient (Wildman–Crippen LogP) is 2.88. The van der Waals surface area contributed by atoms with Crippen molar-refractivity contribution in [1.29, 1.82) is 0 Å². The molecule has 4 N–H and O–H groups in total. The van der Waals surface area contributed by atoms with Crippen LogP contribution in [0.15, 0.2) is 59.5 Å². The Kier molecular flexibility index (Phi) is 12.5. The Morgan fingerprint density at radius 2 is 1.77 bits per heavy atom. The number of carbonyl (C=O) groups is 2. The highest BCUT2D eigenvalue weighted by Crippen LogP contribution is 2.33. The number of urea groups is 1. The molecule has 0 bridgehead atoms. The predicted molar refractivity (Wildman–Crippen MR) is 174 cm³/mol. The van der Waals surface area contributed by atoms with Crippen molar-refractivity contribution in [2.24, 2.45) is 11.3 Å². The fraction of sp³-hybridized carbons (Fsp3) is 0.576. The number of fused-ring (bicyclic) bond motifs is 1. The topological polar surface area (TPSA) is 165 Å². The van der Waals surface area contributed by atoms with Gasteiger partial charge < -0.3 is 39.6 Å². The molecule has 0 radical (unpaired) electrons. The summed E-state index contributed by atoms with van der Waals surface area (Å²) in [6.07, 6.45) is -1.45. The Bertz CT molecular complexity index is 1420. The minimum atomic E-state index is -4.13. The molecular formula is C33H48N4O9S. The Morgan fingerprint density at radius 1 is 1.06 bits per heavy atom. The normalized spacial score (nSPS) is 21.3. The molecule has 0 spiro atoms. The SMILES string of the molecule is COc1ccc(S(=O)(=O)NC(CC(C)(C)CCNC(=O)N(C)C)[C@H](O)[C@H](Cc2ccccc2)NC(=O)O[C@H]2CO[C@H]3OCC[C@H]32)cc1. The van der Waals surface area contributed by atoms with Crippen LogP contribution in [-0.2, 0) is 30.7 Å². The molecule has 2 heterocycles. The van der Waals surface area contributed by atoms with Crippen LogP contribution >= 0.6 is 0 Å². The zero-order chi connectivity index (χ0) is 34.2. The number of carbonyl (C=O) groups excluding carboxylic acids is 2. The van der Waals surface area contributed by atoms with E-state index >= 15 is 0 Å². The maximum absolute atomic E-state index is 13.7. The van der Waals surface area contributed by atoms with Gasteiger partial charge in [0.1, 0.15) is 11.9 Å². The van der Waals surface area contributed by atoms with Crippen LogP contribution in [-0.4, -0.2) is 102 Å². The molecule has 2 aliphatic heterocycles. The highest BCUT2D eigenvalue weighted by molar-refractivity contribution is 7.89. The number of ether oxygens (including phenoxy) is 4. The van der Waals surface area contributed by atoms with Crippen molar-refractivity contribution in [3.8, 4) is 5.75 Å². The summed E-state index contributed by atoms with van der Waals surface area (Å²) < 4.78 is 52.2. The molecule has 2 saturated heterocycles. The highest BCUT2D eigenvalue weighted by atomic mass is 32.2. The minimum absolute atomic E-state index is 0.00639. The lowest BCUT2D eigenvalue weighted by atomic mass is 9.80. The Morgan fingerprint density at radius 3 is 2.43 bits per heavy atom. The molecule has 2 aliphatic rings. The third kappa shape index (κ3) is 10.3. The summed E-state index contributed by atoms with van der Waals surface area (Å²) in [7, 11) is 0.649. The van der Waals surface area contributed by atoms with Crippen molar-refractivity contribution in [2.45, 2.75) is 75.0 Å². The molecule has 3 amide bonds. The maximum Gasteiger partial charge on any atom is 0.407 e. The van der Waals surface area contributed by atoms with Gasteiger partial charge in [-0.3, -0.25) is 0 Å². The number of alkyl carbamates (subject to hydrolysis) is 1. The van der Waals surface area contributed by atoms with Crippen LogP contribution in [0, 0.1) is 11.3 Å². The summed E-state index contributed by atoms with van der Waals surface area (Å²) >= 11 is 0. The molecule has 0 aliphatic carbocycles. The molecule has 2 fully saturated rings. The van der Waals surface area contributed by atoms with Crippen molar-refractivity contribution in [1.82, 2.24) is 20.3 Å². The van der Waals surface area contributed by atoms with Gasteiger partial charge in [-0.25, -0.2) is 22.7 Å². The second kappa shape index (κ2) is 16.1. The second-order valence-electron chi connectivity index (χ2n) is 13.0. The van der Waals surface area contributed by atoms with Crippen LogP contribution in [0.3, 0.4) is 0 Å². The number of aliphatic hydroxyl groups is 1. The Labute approximate surface area is 277 Å². The lowest BCUT2D eigenvalue weighted by Crippen LogP contribution is -2.56. The maximum atomic E-state index is 13.7. The lowest BCUT2D eigenvalue weighted by molar-refractivity contribution is -0.0907. The molecule has 13 nitrogen and oxygen atoms in total. The first-order valence-electron chi connectivity index (χ1n) is 15.8. The Balaban J connectivity index is 1.58. The van der Waals surface area contributed by atoms with E-state index in [4.69, 9.17) is 18.9 Å². The van der Waals surface area contributed by atoms with E-state index in [9.17, 15) is 23.1 Å². The third-order valence-electron chi connectivity index (χ3n) is 8.60. The number of amides is 3. The molecule has 260 valence electrons. The summed E-state index contributed by atoms with van der Waals surface area (Å²) in [6.45, 7) is 4.94. The van der Waals surface area contributed by atoms with Crippen molar-refractivity contribution in [2.75, 3.05) is 41.0 Å². The molecule has 2 aromatic carbocycles. The van der Waals surface area contributed by atoms with Gasteiger partial charge in [0.15, 0.2) is 6.29 Å². The van der Waals surface area contributed by atoms with Crippen LogP contribution in [0.2, 0.25) is 0 Å². The van der Waals surface area contributed by atoms with Crippen molar-refractivity contribution >= 4 is 22.1 Å². The average molecular weight is 677 g/mol. The van der Waals surface area contributed by atoms with Gasteiger partial charge in [-0.1, -0.05) is 44.2 Å². The van der Waals surface area contributed by atoms with E-state index in [1.807, 2.05) is 44.2 Å². The molecule has 6 atom stereocenters. The monoisotopic (exact) mass is 676 g/mol. The first-order chi connectivity index (χ1) is 22.3. The molecule has 47 heavy (non-hydrogen) atoms. The van der Waals surface area contributed by atoms with Gasteiger partial charge in [0.25, 0.3) is 0 Å². The van der Waals surface area contributed by atoms with E-state index in [0.29, 0.717) is 31.7 Å². The van der Waals surface area contributed by atoms with Crippen LogP contribution in [0.25, 0.3) is 0 Å². The van der Waals surface area contributed by atoms with Gasteiger partial charge in [-0.05, 0) is 60.9 Å². The van der Waals surface area contributed by atoms with E-state index < -0.39 is 52.1 Å². The minimum Gasteiger partial charge on any atom is -0.497 e. The molecule has 4 rings (SSSR count). The number of rotatable bonds is 15. The average Bonchev–Trinajstić information content (AvgIpc) is 3.65. The van der Waals surface area contributed by atoms with Crippen molar-refractivity contribution in [3.05, 3.63) is 60.2 Å². The lowest BCUT2D eigenvalue weighted by Gasteiger charge is -2.36. The molecule has 14 heteroatoms. The summed E-state index contributed by atoms with van der Waals surface area (Å²) in [5.74, 6) is 0.423. The van der Waals surface area contributed by atoms with Crippen LogP contribution in [0.4, 0.5) is 9.59 Å². The van der Waals surface area contributed by atoms with Gasteiger partial charge in [0.2, 0.25) is 10.0 Å². The largest absolute Gasteiger partial charge is 0.497 e. The number of hydrogen-bond acceptors (Lipinski definition) is 9. The van der Waals surface area contributed by atoms with E-state index in [2.05, 4.69) is 15.4 Å². The number of nitrogens with one attached hydrogen (secondary N) is 3. The number of nitrogens with zero attached hydrogens (tertiary/aromatic N) is 1.